The molecule has 0 spiro atoms. The Kier molecular flexibility index (Phi) is 5.42. The number of aromatic amines is 1. The molecule has 37 heavy (non-hydrogen) atoms. The van der Waals surface area contributed by atoms with E-state index in [9.17, 15) is 18.4 Å². The minimum atomic E-state index is -0.740. The number of halogens is 2. The Morgan fingerprint density at radius 2 is 1.65 bits per heavy atom. The average Bonchev–Trinajstić information content (AvgIpc) is 3.27. The summed E-state index contributed by atoms with van der Waals surface area (Å²) in [6, 6.07) is 14.7. The molecule has 4 heterocycles. The van der Waals surface area contributed by atoms with Crippen LogP contribution in [0, 0.1) is 11.6 Å². The van der Waals surface area contributed by atoms with Crippen molar-refractivity contribution in [2.45, 2.75) is 5.92 Å². The van der Waals surface area contributed by atoms with Gasteiger partial charge in [-0.3, -0.25) is 9.59 Å². The number of nitrogens with one attached hydrogen (secondary N) is 1. The van der Waals surface area contributed by atoms with Crippen molar-refractivity contribution in [1.29, 1.82) is 0 Å². The topological polar surface area (TPSA) is 69.0 Å². The molecule has 5 aromatic rings. The molecule has 0 atom stereocenters. The molecule has 0 radical (unpaired) electrons. The van der Waals surface area contributed by atoms with Crippen molar-refractivity contribution in [1.82, 2.24) is 14.1 Å². The first-order chi connectivity index (χ1) is 17.8. The second-order valence-electron chi connectivity index (χ2n) is 9.46. The molecule has 8 heteroatoms. The van der Waals surface area contributed by atoms with Crippen molar-refractivity contribution < 1.29 is 13.5 Å². The summed E-state index contributed by atoms with van der Waals surface area (Å²) in [7, 11) is 3.32. The number of benzene rings is 2. The smallest absolute Gasteiger partial charge is 0.274 e. The number of aryl methyl sites for hydroxylation is 2. The van der Waals surface area contributed by atoms with Crippen molar-refractivity contribution in [3.8, 4) is 33.5 Å². The first kappa shape index (κ1) is 23.1. The molecule has 6 rings (SSSR count). The number of fused-ring (bicyclic) bond motifs is 1. The van der Waals surface area contributed by atoms with Crippen molar-refractivity contribution in [2.75, 3.05) is 13.2 Å². The van der Waals surface area contributed by atoms with Gasteiger partial charge in [-0.2, -0.15) is 0 Å². The number of hydrogen-bond donors (Lipinski definition) is 1. The molecule has 1 N–H and O–H groups in total. The van der Waals surface area contributed by atoms with Gasteiger partial charge in [-0.1, -0.05) is 24.3 Å². The molecular formula is C29H23F2N3O3. The van der Waals surface area contributed by atoms with Gasteiger partial charge >= 0.3 is 0 Å². The maximum Gasteiger partial charge on any atom is 0.274 e. The lowest BCUT2D eigenvalue weighted by Gasteiger charge is -2.26. The van der Waals surface area contributed by atoms with Gasteiger partial charge in [0.15, 0.2) is 0 Å². The maximum absolute atomic E-state index is 14.6. The fourth-order valence-electron chi connectivity index (χ4n) is 4.87. The molecule has 0 bridgehead atoms. The number of pyridine rings is 2. The lowest BCUT2D eigenvalue weighted by atomic mass is 9.91. The number of hydrogen-bond acceptors (Lipinski definition) is 3. The van der Waals surface area contributed by atoms with E-state index in [1.54, 1.807) is 38.6 Å². The summed E-state index contributed by atoms with van der Waals surface area (Å²) in [4.78, 5) is 28.9. The fraction of sp³-hybridized carbons (Fsp3) is 0.172. The van der Waals surface area contributed by atoms with E-state index in [1.165, 1.54) is 21.3 Å². The first-order valence-corrected chi connectivity index (χ1v) is 11.9. The largest absolute Gasteiger partial charge is 0.380 e. The summed E-state index contributed by atoms with van der Waals surface area (Å²) in [6.07, 6.45) is 3.48. The molecule has 6 nitrogen and oxygen atoms in total. The van der Waals surface area contributed by atoms with Crippen molar-refractivity contribution in [3.05, 3.63) is 105 Å². The van der Waals surface area contributed by atoms with Crippen LogP contribution in [0.1, 0.15) is 11.5 Å². The zero-order chi connectivity index (χ0) is 25.8. The van der Waals surface area contributed by atoms with Gasteiger partial charge < -0.3 is 18.9 Å². The summed E-state index contributed by atoms with van der Waals surface area (Å²) in [6.45, 7) is 1.36. The molecule has 2 aromatic carbocycles. The Morgan fingerprint density at radius 1 is 0.865 bits per heavy atom. The number of nitrogens with zero attached hydrogens (tertiary/aromatic N) is 2. The minimum absolute atomic E-state index is 0.144. The average molecular weight is 500 g/mol. The van der Waals surface area contributed by atoms with Gasteiger partial charge in [0, 0.05) is 72.3 Å². The van der Waals surface area contributed by atoms with Crippen molar-refractivity contribution in [3.63, 3.8) is 0 Å². The lowest BCUT2D eigenvalue weighted by molar-refractivity contribution is 0.00844. The third-order valence-corrected chi connectivity index (χ3v) is 7.01. The van der Waals surface area contributed by atoms with Crippen LogP contribution in [0.4, 0.5) is 8.78 Å². The molecule has 1 saturated heterocycles. The highest BCUT2D eigenvalue weighted by Crippen LogP contribution is 2.37. The predicted molar refractivity (Wildman–Crippen MR) is 139 cm³/mol. The van der Waals surface area contributed by atoms with E-state index in [4.69, 9.17) is 4.74 Å². The second kappa shape index (κ2) is 8.67. The van der Waals surface area contributed by atoms with Gasteiger partial charge in [0.1, 0.15) is 17.2 Å². The molecule has 0 amide bonds. The minimum Gasteiger partial charge on any atom is -0.380 e. The van der Waals surface area contributed by atoms with Crippen LogP contribution in [0.15, 0.2) is 76.6 Å². The molecule has 186 valence electrons. The van der Waals surface area contributed by atoms with Crippen LogP contribution in [-0.4, -0.2) is 27.3 Å². The van der Waals surface area contributed by atoms with Crippen molar-refractivity contribution in [2.24, 2.45) is 14.1 Å². The van der Waals surface area contributed by atoms with Crippen LogP contribution in [0.5, 0.6) is 0 Å². The van der Waals surface area contributed by atoms with Gasteiger partial charge in [-0.25, -0.2) is 8.78 Å². The number of H-pyrrole nitrogens is 1. The quantitative estimate of drug-likeness (QED) is 0.380. The Hall–Kier alpha value is -4.30. The third kappa shape index (κ3) is 3.90. The zero-order valence-corrected chi connectivity index (χ0v) is 20.2. The summed E-state index contributed by atoms with van der Waals surface area (Å²) in [5, 5.41) is 0.542. The Labute approximate surface area is 210 Å². The van der Waals surface area contributed by atoms with Gasteiger partial charge in [-0.15, -0.1) is 0 Å². The van der Waals surface area contributed by atoms with Gasteiger partial charge in [-0.05, 0) is 34.9 Å². The highest BCUT2D eigenvalue weighted by molar-refractivity contribution is 6.00. The van der Waals surface area contributed by atoms with E-state index in [1.807, 2.05) is 12.1 Å². The summed E-state index contributed by atoms with van der Waals surface area (Å²) >= 11 is 0. The normalized spacial score (nSPS) is 13.7. The fourth-order valence-corrected chi connectivity index (χ4v) is 4.87. The molecule has 1 fully saturated rings. The lowest BCUT2D eigenvalue weighted by Crippen LogP contribution is -2.25. The van der Waals surface area contributed by atoms with E-state index < -0.39 is 11.6 Å². The molecular weight excluding hydrogens is 476 g/mol. The van der Waals surface area contributed by atoms with Gasteiger partial charge in [0.05, 0.1) is 13.2 Å². The Bertz CT molecular complexity index is 1810. The highest BCUT2D eigenvalue weighted by Gasteiger charge is 2.22. The first-order valence-electron chi connectivity index (χ1n) is 11.9. The summed E-state index contributed by atoms with van der Waals surface area (Å²) in [5.41, 5.74) is 4.45. The summed E-state index contributed by atoms with van der Waals surface area (Å²) in [5.74, 6) is -1.09. The van der Waals surface area contributed by atoms with E-state index in [0.29, 0.717) is 41.3 Å². The monoisotopic (exact) mass is 499 g/mol. The Morgan fingerprint density at radius 3 is 2.38 bits per heavy atom. The van der Waals surface area contributed by atoms with Crippen LogP contribution >= 0.6 is 0 Å². The molecule has 1 aliphatic heterocycles. The van der Waals surface area contributed by atoms with E-state index >= 15 is 0 Å². The van der Waals surface area contributed by atoms with Crippen LogP contribution in [0.2, 0.25) is 0 Å². The predicted octanol–water partition coefficient (Wildman–Crippen LogP) is 4.96. The van der Waals surface area contributed by atoms with Gasteiger partial charge in [0.25, 0.3) is 11.1 Å². The highest BCUT2D eigenvalue weighted by atomic mass is 19.1. The molecule has 0 aliphatic carbocycles. The number of aromatic nitrogens is 3. The molecule has 0 unspecified atom stereocenters. The number of rotatable bonds is 4. The third-order valence-electron chi connectivity index (χ3n) is 7.01. The van der Waals surface area contributed by atoms with Crippen LogP contribution < -0.4 is 11.1 Å². The van der Waals surface area contributed by atoms with Crippen LogP contribution in [0.3, 0.4) is 0 Å². The Balaban J connectivity index is 1.61. The molecule has 1 aliphatic rings. The maximum atomic E-state index is 14.6. The SMILES string of the molecule is Cn1cc(-c2cccc(C3COC3)c2)c(-c2cn(C)c(=O)c3[nH]c(-c4ccc(F)cc4F)cc23)cc1=O. The van der Waals surface area contributed by atoms with Crippen LogP contribution in [-0.2, 0) is 18.8 Å². The second-order valence-corrected chi connectivity index (χ2v) is 9.46. The van der Waals surface area contributed by atoms with E-state index in [2.05, 4.69) is 17.1 Å². The summed E-state index contributed by atoms with van der Waals surface area (Å²) < 4.78 is 36.4. The van der Waals surface area contributed by atoms with Crippen molar-refractivity contribution >= 4 is 10.9 Å². The molecule has 0 saturated carbocycles. The van der Waals surface area contributed by atoms with Crippen LogP contribution in [0.25, 0.3) is 44.4 Å². The van der Waals surface area contributed by atoms with E-state index in [-0.39, 0.29) is 22.2 Å². The van der Waals surface area contributed by atoms with Gasteiger partial charge in [0.2, 0.25) is 0 Å². The number of ether oxygens (including phenoxy) is 1. The standard InChI is InChI=1S/C29H23F2N3O3/c1-33-12-23(17-5-3-4-16(8-17)18-14-37-15-18)21(11-27(33)35)24-13-34(2)29(36)28-22(24)10-26(32-28)20-7-6-19(30)9-25(20)31/h3-13,18,32H,14-15H2,1-2H3. The van der Waals surface area contributed by atoms with E-state index in [0.717, 1.165) is 22.8 Å². The molecule has 3 aromatic heterocycles. The zero-order valence-electron chi connectivity index (χ0n) is 20.2.